The summed E-state index contributed by atoms with van der Waals surface area (Å²) >= 11 is 0. The van der Waals surface area contributed by atoms with Crippen LogP contribution in [0.5, 0.6) is 0 Å². The Balaban J connectivity index is 1.73. The van der Waals surface area contributed by atoms with Gasteiger partial charge in [-0.2, -0.15) is 0 Å². The van der Waals surface area contributed by atoms with Gasteiger partial charge in [-0.1, -0.05) is 35.5 Å². The van der Waals surface area contributed by atoms with Crippen LogP contribution in [0, 0.1) is 0 Å². The van der Waals surface area contributed by atoms with Gasteiger partial charge in [0.05, 0.1) is 10.4 Å². The molecule has 0 atom stereocenters. The third kappa shape index (κ3) is 3.58. The van der Waals surface area contributed by atoms with Crippen LogP contribution in [-0.4, -0.2) is 47.7 Å². The van der Waals surface area contributed by atoms with Crippen molar-refractivity contribution in [3.8, 4) is 0 Å². The average molecular weight is 373 g/mol. The van der Waals surface area contributed by atoms with Crippen molar-refractivity contribution in [1.29, 1.82) is 0 Å². The minimum Gasteiger partial charge on any atom is -0.350 e. The van der Waals surface area contributed by atoms with Gasteiger partial charge in [0, 0.05) is 20.6 Å². The van der Waals surface area contributed by atoms with E-state index in [0.29, 0.717) is 11.1 Å². The first-order valence-corrected chi connectivity index (χ1v) is 9.39. The molecule has 1 N–H and O–H groups in total. The summed E-state index contributed by atoms with van der Waals surface area (Å²) in [7, 11) is -0.634. The molecule has 0 aliphatic rings. The van der Waals surface area contributed by atoms with Gasteiger partial charge in [-0.15, -0.1) is 5.10 Å². The second-order valence-corrected chi connectivity index (χ2v) is 8.03. The number of carbonyl (C=O) groups excluding carboxylic acids is 1. The Morgan fingerprint density at radius 3 is 2.58 bits per heavy atom. The van der Waals surface area contributed by atoms with E-state index in [1.165, 1.54) is 24.8 Å². The van der Waals surface area contributed by atoms with E-state index in [4.69, 9.17) is 0 Å². The maximum atomic E-state index is 12.4. The molecule has 0 fully saturated rings. The standard InChI is InChI=1S/C17H19N5O3S/c1-21(2)26(24,25)16-10-6-3-7-13(16)11-18-17(23)12-22-15-9-5-4-8-14(15)19-20-22/h3-10H,11-12H2,1-2H3,(H,18,23). The van der Waals surface area contributed by atoms with E-state index in [9.17, 15) is 13.2 Å². The van der Waals surface area contributed by atoms with Gasteiger partial charge in [-0.25, -0.2) is 17.4 Å². The van der Waals surface area contributed by atoms with Crippen molar-refractivity contribution >= 4 is 27.0 Å². The predicted molar refractivity (Wildman–Crippen MR) is 96.7 cm³/mol. The molecule has 0 saturated carbocycles. The van der Waals surface area contributed by atoms with Crippen molar-refractivity contribution < 1.29 is 13.2 Å². The fourth-order valence-electron chi connectivity index (χ4n) is 2.52. The van der Waals surface area contributed by atoms with Crippen LogP contribution in [0.3, 0.4) is 0 Å². The first kappa shape index (κ1) is 18.0. The van der Waals surface area contributed by atoms with Crippen LogP contribution in [0.4, 0.5) is 0 Å². The normalized spacial score (nSPS) is 11.8. The lowest BCUT2D eigenvalue weighted by molar-refractivity contribution is -0.122. The van der Waals surface area contributed by atoms with Crippen molar-refractivity contribution in [1.82, 2.24) is 24.6 Å². The molecule has 9 heteroatoms. The smallest absolute Gasteiger partial charge is 0.242 e. The molecule has 3 aromatic rings. The zero-order valence-electron chi connectivity index (χ0n) is 14.5. The van der Waals surface area contributed by atoms with Gasteiger partial charge in [-0.3, -0.25) is 4.79 Å². The Bertz CT molecular complexity index is 1040. The summed E-state index contributed by atoms with van der Waals surface area (Å²) in [5.74, 6) is -0.280. The maximum absolute atomic E-state index is 12.4. The number of hydrogen-bond acceptors (Lipinski definition) is 5. The SMILES string of the molecule is CN(C)S(=O)(=O)c1ccccc1CNC(=O)Cn1nnc2ccccc21. The molecule has 1 heterocycles. The maximum Gasteiger partial charge on any atom is 0.242 e. The number of amides is 1. The van der Waals surface area contributed by atoms with E-state index >= 15 is 0 Å². The molecule has 1 aromatic heterocycles. The summed E-state index contributed by atoms with van der Waals surface area (Å²) in [6.45, 7) is 0.109. The van der Waals surface area contributed by atoms with Gasteiger partial charge in [0.15, 0.2) is 0 Å². The zero-order chi connectivity index (χ0) is 18.7. The summed E-state index contributed by atoms with van der Waals surface area (Å²) in [6.07, 6.45) is 0. The Morgan fingerprint density at radius 1 is 1.12 bits per heavy atom. The monoisotopic (exact) mass is 373 g/mol. The van der Waals surface area contributed by atoms with Crippen molar-refractivity contribution in [2.45, 2.75) is 18.0 Å². The lowest BCUT2D eigenvalue weighted by Gasteiger charge is -2.15. The van der Waals surface area contributed by atoms with Crippen LogP contribution >= 0.6 is 0 Å². The van der Waals surface area contributed by atoms with Crippen molar-refractivity contribution in [3.05, 3.63) is 54.1 Å². The fraction of sp³-hybridized carbons (Fsp3) is 0.235. The molecule has 0 aliphatic heterocycles. The number of fused-ring (bicyclic) bond motifs is 1. The highest BCUT2D eigenvalue weighted by molar-refractivity contribution is 7.89. The molecule has 136 valence electrons. The van der Waals surface area contributed by atoms with Crippen molar-refractivity contribution in [3.63, 3.8) is 0 Å². The molecule has 0 bridgehead atoms. The highest BCUT2D eigenvalue weighted by atomic mass is 32.2. The molecule has 0 saturated heterocycles. The number of nitrogens with one attached hydrogen (secondary N) is 1. The van der Waals surface area contributed by atoms with Gasteiger partial charge < -0.3 is 5.32 Å². The van der Waals surface area contributed by atoms with Gasteiger partial charge in [0.25, 0.3) is 0 Å². The molecular weight excluding hydrogens is 354 g/mol. The summed E-state index contributed by atoms with van der Waals surface area (Å²) < 4.78 is 27.4. The molecule has 26 heavy (non-hydrogen) atoms. The highest BCUT2D eigenvalue weighted by Gasteiger charge is 2.20. The van der Waals surface area contributed by atoms with Crippen LogP contribution < -0.4 is 5.32 Å². The quantitative estimate of drug-likeness (QED) is 0.695. The lowest BCUT2D eigenvalue weighted by atomic mass is 10.2. The van der Waals surface area contributed by atoms with Crippen molar-refractivity contribution in [2.24, 2.45) is 0 Å². The molecule has 2 aromatic carbocycles. The average Bonchev–Trinajstić information content (AvgIpc) is 3.03. The summed E-state index contributed by atoms with van der Waals surface area (Å²) in [6, 6.07) is 14.0. The Kier molecular flexibility index (Phi) is 5.01. The zero-order valence-corrected chi connectivity index (χ0v) is 15.3. The topological polar surface area (TPSA) is 97.2 Å². The van der Waals surface area contributed by atoms with Crippen LogP contribution in [0.25, 0.3) is 11.0 Å². The minimum atomic E-state index is -3.58. The lowest BCUT2D eigenvalue weighted by Crippen LogP contribution is -2.29. The van der Waals surface area contributed by atoms with E-state index in [-0.39, 0.29) is 23.9 Å². The van der Waals surface area contributed by atoms with Crippen LogP contribution in [0.1, 0.15) is 5.56 Å². The molecule has 0 unspecified atom stereocenters. The van der Waals surface area contributed by atoms with E-state index < -0.39 is 10.0 Å². The number of rotatable bonds is 6. The van der Waals surface area contributed by atoms with E-state index in [1.54, 1.807) is 18.2 Å². The van der Waals surface area contributed by atoms with Crippen molar-refractivity contribution in [2.75, 3.05) is 14.1 Å². The number of benzene rings is 2. The summed E-state index contributed by atoms with van der Waals surface area (Å²) in [5, 5.41) is 10.7. The van der Waals surface area contributed by atoms with Crippen LogP contribution in [-0.2, 0) is 27.9 Å². The van der Waals surface area contributed by atoms with Gasteiger partial charge in [-0.05, 0) is 23.8 Å². The molecule has 0 aliphatic carbocycles. The Morgan fingerprint density at radius 2 is 1.81 bits per heavy atom. The number of carbonyl (C=O) groups is 1. The largest absolute Gasteiger partial charge is 0.350 e. The van der Waals surface area contributed by atoms with E-state index in [0.717, 1.165) is 9.82 Å². The molecule has 8 nitrogen and oxygen atoms in total. The third-order valence-corrected chi connectivity index (χ3v) is 5.84. The minimum absolute atomic E-state index is 0.00309. The Hall–Kier alpha value is -2.78. The van der Waals surface area contributed by atoms with Gasteiger partial charge in [0.1, 0.15) is 12.1 Å². The second kappa shape index (κ2) is 7.22. The van der Waals surface area contributed by atoms with Crippen LogP contribution in [0.15, 0.2) is 53.4 Å². The highest BCUT2D eigenvalue weighted by Crippen LogP contribution is 2.18. The Labute approximate surface area is 151 Å². The van der Waals surface area contributed by atoms with Gasteiger partial charge in [0.2, 0.25) is 15.9 Å². The van der Waals surface area contributed by atoms with E-state index in [2.05, 4.69) is 15.6 Å². The summed E-state index contributed by atoms with van der Waals surface area (Å²) in [5.41, 5.74) is 2.00. The fourth-order valence-corrected chi connectivity index (χ4v) is 3.63. The number of aromatic nitrogens is 3. The molecular formula is C17H19N5O3S. The summed E-state index contributed by atoms with van der Waals surface area (Å²) in [4.78, 5) is 12.4. The molecule has 0 radical (unpaired) electrons. The van der Waals surface area contributed by atoms with Gasteiger partial charge >= 0.3 is 0 Å². The second-order valence-electron chi connectivity index (χ2n) is 5.91. The predicted octanol–water partition coefficient (Wildman–Crippen LogP) is 0.998. The number of nitrogens with zero attached hydrogens (tertiary/aromatic N) is 4. The number of sulfonamides is 1. The van der Waals surface area contributed by atoms with Crippen LogP contribution in [0.2, 0.25) is 0 Å². The first-order valence-electron chi connectivity index (χ1n) is 7.95. The molecule has 0 spiro atoms. The molecule has 3 rings (SSSR count). The third-order valence-electron chi connectivity index (χ3n) is 3.92. The van der Waals surface area contributed by atoms with E-state index in [1.807, 2.05) is 24.3 Å². The number of hydrogen-bond donors (Lipinski definition) is 1. The molecule has 1 amide bonds. The number of para-hydroxylation sites is 1. The first-order chi connectivity index (χ1) is 12.4.